The standard InChI is InChI=1S/C12H15NO3S/c1-4-12(10(3)14)13-17(15,16)11-7-5-9(2)6-8-11/h1,5-8,10,12-14H,2-3H3/t10-,12+/m1/s1. The van der Waals surface area contributed by atoms with Crippen LogP contribution in [0.4, 0.5) is 0 Å². The molecule has 92 valence electrons. The molecular formula is C12H15NO3S. The normalized spacial score (nSPS) is 14.9. The maximum absolute atomic E-state index is 11.9. The molecule has 0 bridgehead atoms. The summed E-state index contributed by atoms with van der Waals surface area (Å²) in [6.07, 6.45) is 4.20. The van der Waals surface area contributed by atoms with Crippen molar-refractivity contribution in [1.29, 1.82) is 0 Å². The van der Waals surface area contributed by atoms with Gasteiger partial charge in [0.1, 0.15) is 6.04 Å². The van der Waals surface area contributed by atoms with Crippen LogP contribution in [0.5, 0.6) is 0 Å². The largest absolute Gasteiger partial charge is 0.391 e. The van der Waals surface area contributed by atoms with Gasteiger partial charge < -0.3 is 5.11 Å². The minimum atomic E-state index is -3.69. The molecule has 0 unspecified atom stereocenters. The van der Waals surface area contributed by atoms with E-state index in [9.17, 15) is 13.5 Å². The second-order valence-corrected chi connectivity index (χ2v) is 5.53. The van der Waals surface area contributed by atoms with Gasteiger partial charge in [0.15, 0.2) is 0 Å². The monoisotopic (exact) mass is 253 g/mol. The molecule has 0 aliphatic rings. The number of sulfonamides is 1. The van der Waals surface area contributed by atoms with E-state index in [1.807, 2.05) is 6.92 Å². The van der Waals surface area contributed by atoms with Crippen molar-refractivity contribution in [2.75, 3.05) is 0 Å². The molecule has 17 heavy (non-hydrogen) atoms. The molecule has 0 heterocycles. The Morgan fingerprint density at radius 3 is 2.29 bits per heavy atom. The van der Waals surface area contributed by atoms with Gasteiger partial charge in [-0.15, -0.1) is 6.42 Å². The van der Waals surface area contributed by atoms with Gasteiger partial charge in [-0.05, 0) is 26.0 Å². The Morgan fingerprint density at radius 2 is 1.88 bits per heavy atom. The van der Waals surface area contributed by atoms with Crippen LogP contribution in [0.3, 0.4) is 0 Å². The molecule has 0 spiro atoms. The fraction of sp³-hybridized carbons (Fsp3) is 0.333. The maximum atomic E-state index is 11.9. The van der Waals surface area contributed by atoms with Crippen LogP contribution >= 0.6 is 0 Å². The molecular weight excluding hydrogens is 238 g/mol. The van der Waals surface area contributed by atoms with Gasteiger partial charge in [0, 0.05) is 0 Å². The van der Waals surface area contributed by atoms with Crippen molar-refractivity contribution in [2.45, 2.75) is 30.9 Å². The Balaban J connectivity index is 2.97. The van der Waals surface area contributed by atoms with Crippen LogP contribution in [0.25, 0.3) is 0 Å². The lowest BCUT2D eigenvalue weighted by Crippen LogP contribution is -2.40. The van der Waals surface area contributed by atoms with Crippen molar-refractivity contribution in [3.8, 4) is 12.3 Å². The molecule has 4 nitrogen and oxygen atoms in total. The number of aliphatic hydroxyl groups is 1. The van der Waals surface area contributed by atoms with Crippen LogP contribution in [0.2, 0.25) is 0 Å². The Labute approximate surface area is 102 Å². The molecule has 0 amide bonds. The molecule has 0 aliphatic carbocycles. The molecule has 0 radical (unpaired) electrons. The minimum Gasteiger partial charge on any atom is -0.391 e. The molecule has 5 heteroatoms. The quantitative estimate of drug-likeness (QED) is 0.775. The number of hydrogen-bond donors (Lipinski definition) is 2. The highest BCUT2D eigenvalue weighted by molar-refractivity contribution is 7.89. The summed E-state index contributed by atoms with van der Waals surface area (Å²) in [5.74, 6) is 2.20. The van der Waals surface area contributed by atoms with Crippen molar-refractivity contribution in [2.24, 2.45) is 0 Å². The highest BCUT2D eigenvalue weighted by Crippen LogP contribution is 2.11. The first-order valence-electron chi connectivity index (χ1n) is 5.10. The number of hydrogen-bond acceptors (Lipinski definition) is 3. The van der Waals surface area contributed by atoms with E-state index in [4.69, 9.17) is 6.42 Å². The molecule has 0 aliphatic heterocycles. The van der Waals surface area contributed by atoms with E-state index < -0.39 is 22.2 Å². The Bertz CT molecular complexity index is 512. The van der Waals surface area contributed by atoms with Gasteiger partial charge in [-0.3, -0.25) is 0 Å². The average molecular weight is 253 g/mol. The lowest BCUT2D eigenvalue weighted by atomic mass is 10.2. The summed E-state index contributed by atoms with van der Waals surface area (Å²) in [4.78, 5) is 0.129. The molecule has 0 saturated heterocycles. The van der Waals surface area contributed by atoms with Gasteiger partial charge in [0.05, 0.1) is 11.0 Å². The van der Waals surface area contributed by atoms with Gasteiger partial charge in [-0.1, -0.05) is 23.6 Å². The van der Waals surface area contributed by atoms with E-state index in [1.165, 1.54) is 19.1 Å². The Hall–Kier alpha value is -1.35. The van der Waals surface area contributed by atoms with Gasteiger partial charge in [-0.25, -0.2) is 8.42 Å². The summed E-state index contributed by atoms with van der Waals surface area (Å²) in [7, 11) is -3.69. The smallest absolute Gasteiger partial charge is 0.241 e. The van der Waals surface area contributed by atoms with E-state index in [1.54, 1.807) is 12.1 Å². The molecule has 2 N–H and O–H groups in total. The number of aryl methyl sites for hydroxylation is 1. The molecule has 0 fully saturated rings. The topological polar surface area (TPSA) is 66.4 Å². The van der Waals surface area contributed by atoms with Crippen molar-refractivity contribution in [1.82, 2.24) is 4.72 Å². The van der Waals surface area contributed by atoms with E-state index in [-0.39, 0.29) is 4.90 Å². The highest BCUT2D eigenvalue weighted by Gasteiger charge is 2.21. The Morgan fingerprint density at radius 1 is 1.35 bits per heavy atom. The summed E-state index contributed by atoms with van der Waals surface area (Å²) in [6.45, 7) is 3.30. The third kappa shape index (κ3) is 3.56. The third-order valence-electron chi connectivity index (χ3n) is 2.28. The number of benzene rings is 1. The highest BCUT2D eigenvalue weighted by atomic mass is 32.2. The average Bonchev–Trinajstić information content (AvgIpc) is 2.26. The lowest BCUT2D eigenvalue weighted by molar-refractivity contribution is 0.177. The van der Waals surface area contributed by atoms with Crippen LogP contribution in [-0.2, 0) is 10.0 Å². The number of terminal acetylenes is 1. The van der Waals surface area contributed by atoms with Crippen LogP contribution in [0.15, 0.2) is 29.2 Å². The Kier molecular flexibility index (Phi) is 4.29. The summed E-state index contributed by atoms with van der Waals surface area (Å²) in [6, 6.07) is 5.45. The summed E-state index contributed by atoms with van der Waals surface area (Å²) in [5.41, 5.74) is 0.966. The molecule has 1 aromatic carbocycles. The second kappa shape index (κ2) is 5.32. The fourth-order valence-corrected chi connectivity index (χ4v) is 2.45. The first kappa shape index (κ1) is 13.7. The zero-order chi connectivity index (χ0) is 13.1. The molecule has 1 aromatic rings. The number of nitrogens with one attached hydrogen (secondary N) is 1. The van der Waals surface area contributed by atoms with Crippen molar-refractivity contribution >= 4 is 10.0 Å². The van der Waals surface area contributed by atoms with E-state index >= 15 is 0 Å². The predicted molar refractivity (Wildman–Crippen MR) is 65.8 cm³/mol. The number of rotatable bonds is 4. The van der Waals surface area contributed by atoms with Crippen molar-refractivity contribution in [3.63, 3.8) is 0 Å². The second-order valence-electron chi connectivity index (χ2n) is 3.82. The number of aliphatic hydroxyl groups excluding tert-OH is 1. The van der Waals surface area contributed by atoms with Gasteiger partial charge in [0.25, 0.3) is 0 Å². The third-order valence-corrected chi connectivity index (χ3v) is 3.73. The van der Waals surface area contributed by atoms with Crippen LogP contribution < -0.4 is 4.72 Å². The summed E-state index contributed by atoms with van der Waals surface area (Å²) >= 11 is 0. The van der Waals surface area contributed by atoms with Crippen molar-refractivity contribution in [3.05, 3.63) is 29.8 Å². The molecule has 0 aromatic heterocycles. The molecule has 2 atom stereocenters. The van der Waals surface area contributed by atoms with Crippen LogP contribution in [0, 0.1) is 19.3 Å². The summed E-state index contributed by atoms with van der Waals surface area (Å²) in [5, 5.41) is 9.30. The van der Waals surface area contributed by atoms with Crippen LogP contribution in [-0.4, -0.2) is 25.7 Å². The zero-order valence-electron chi connectivity index (χ0n) is 9.71. The maximum Gasteiger partial charge on any atom is 0.241 e. The van der Waals surface area contributed by atoms with E-state index in [0.29, 0.717) is 0 Å². The zero-order valence-corrected chi connectivity index (χ0v) is 10.5. The predicted octanol–water partition coefficient (Wildman–Crippen LogP) is 0.656. The van der Waals surface area contributed by atoms with Gasteiger partial charge in [-0.2, -0.15) is 4.72 Å². The molecule has 0 saturated carbocycles. The SMILES string of the molecule is C#C[C@H](NS(=O)(=O)c1ccc(C)cc1)[C@@H](C)O. The summed E-state index contributed by atoms with van der Waals surface area (Å²) < 4.78 is 26.1. The van der Waals surface area contributed by atoms with Crippen molar-refractivity contribution < 1.29 is 13.5 Å². The molecule has 1 rings (SSSR count). The van der Waals surface area contributed by atoms with Crippen LogP contribution in [0.1, 0.15) is 12.5 Å². The fourth-order valence-electron chi connectivity index (χ4n) is 1.22. The van der Waals surface area contributed by atoms with Gasteiger partial charge >= 0.3 is 0 Å². The minimum absolute atomic E-state index is 0.129. The van der Waals surface area contributed by atoms with Gasteiger partial charge in [0.2, 0.25) is 10.0 Å². The van der Waals surface area contributed by atoms with E-state index in [0.717, 1.165) is 5.56 Å². The first-order valence-corrected chi connectivity index (χ1v) is 6.58. The first-order chi connectivity index (χ1) is 7.86. The van der Waals surface area contributed by atoms with E-state index in [2.05, 4.69) is 10.6 Å². The lowest BCUT2D eigenvalue weighted by Gasteiger charge is -2.15.